The molecule has 0 spiro atoms. The van der Waals surface area contributed by atoms with Gasteiger partial charge in [0.1, 0.15) is 11.5 Å². The van der Waals surface area contributed by atoms with Crippen molar-refractivity contribution >= 4 is 22.8 Å². The number of anilines is 2. The number of H-pyrrole nitrogens is 1. The van der Waals surface area contributed by atoms with Crippen LogP contribution < -0.4 is 10.6 Å². The van der Waals surface area contributed by atoms with E-state index in [9.17, 15) is 0 Å². The van der Waals surface area contributed by atoms with E-state index in [1.165, 1.54) is 12.8 Å². The van der Waals surface area contributed by atoms with Crippen LogP contribution in [0.15, 0.2) is 12.3 Å². The Bertz CT molecular complexity index is 529. The van der Waals surface area contributed by atoms with Crippen molar-refractivity contribution in [2.45, 2.75) is 25.8 Å². The van der Waals surface area contributed by atoms with Crippen LogP contribution in [0.2, 0.25) is 0 Å². The Morgan fingerprint density at radius 3 is 2.94 bits per heavy atom. The molecular formula is C12H17N5. The van der Waals surface area contributed by atoms with E-state index in [4.69, 9.17) is 0 Å². The maximum Gasteiger partial charge on any atom is 0.226 e. The topological polar surface area (TPSA) is 65.6 Å². The minimum absolute atomic E-state index is 0.479. The highest BCUT2D eigenvalue weighted by molar-refractivity contribution is 5.88. The van der Waals surface area contributed by atoms with Gasteiger partial charge in [-0.05, 0) is 31.7 Å². The molecule has 2 aromatic heterocycles. The number of hydrogen-bond acceptors (Lipinski definition) is 4. The smallest absolute Gasteiger partial charge is 0.226 e. The first-order valence-electron chi connectivity index (χ1n) is 6.07. The molecule has 1 saturated carbocycles. The van der Waals surface area contributed by atoms with E-state index < -0.39 is 0 Å². The third kappa shape index (κ3) is 1.92. The summed E-state index contributed by atoms with van der Waals surface area (Å²) >= 11 is 0. The van der Waals surface area contributed by atoms with E-state index in [1.807, 2.05) is 19.3 Å². The maximum absolute atomic E-state index is 4.49. The van der Waals surface area contributed by atoms with Gasteiger partial charge in [-0.15, -0.1) is 0 Å². The van der Waals surface area contributed by atoms with Gasteiger partial charge in [0.25, 0.3) is 0 Å². The zero-order valence-electron chi connectivity index (χ0n) is 10.1. The van der Waals surface area contributed by atoms with Gasteiger partial charge in [0, 0.05) is 19.3 Å². The van der Waals surface area contributed by atoms with Gasteiger partial charge in [-0.3, -0.25) is 0 Å². The number of aromatic amines is 1. The van der Waals surface area contributed by atoms with Gasteiger partial charge in [-0.25, -0.2) is 0 Å². The van der Waals surface area contributed by atoms with Crippen LogP contribution in [0.25, 0.3) is 11.0 Å². The van der Waals surface area contributed by atoms with Crippen LogP contribution in [0.1, 0.15) is 19.8 Å². The number of aromatic nitrogens is 3. The van der Waals surface area contributed by atoms with Crippen LogP contribution in [0.5, 0.6) is 0 Å². The molecule has 1 fully saturated rings. The second-order valence-electron chi connectivity index (χ2n) is 4.66. The van der Waals surface area contributed by atoms with Gasteiger partial charge < -0.3 is 15.6 Å². The van der Waals surface area contributed by atoms with Crippen LogP contribution >= 0.6 is 0 Å². The van der Waals surface area contributed by atoms with Crippen molar-refractivity contribution in [3.63, 3.8) is 0 Å². The predicted octanol–water partition coefficient (Wildman–Crippen LogP) is 2.21. The minimum Gasteiger partial charge on any atom is -0.367 e. The first kappa shape index (κ1) is 10.4. The summed E-state index contributed by atoms with van der Waals surface area (Å²) in [6, 6.07) is 2.49. The second kappa shape index (κ2) is 3.91. The van der Waals surface area contributed by atoms with Crippen molar-refractivity contribution < 1.29 is 0 Å². The molecule has 0 bridgehead atoms. The summed E-state index contributed by atoms with van der Waals surface area (Å²) in [6.45, 7) is 2.22. The van der Waals surface area contributed by atoms with Crippen molar-refractivity contribution in [1.29, 1.82) is 0 Å². The van der Waals surface area contributed by atoms with E-state index in [2.05, 4.69) is 32.5 Å². The fourth-order valence-corrected chi connectivity index (χ4v) is 2.09. The van der Waals surface area contributed by atoms with Gasteiger partial charge in [0.15, 0.2) is 0 Å². The fraction of sp³-hybridized carbons (Fsp3) is 0.500. The quantitative estimate of drug-likeness (QED) is 0.754. The number of hydrogen-bond donors (Lipinski definition) is 3. The highest BCUT2D eigenvalue weighted by Gasteiger charge is 2.28. The summed E-state index contributed by atoms with van der Waals surface area (Å²) in [5.74, 6) is 2.36. The van der Waals surface area contributed by atoms with E-state index in [1.54, 1.807) is 0 Å². The van der Waals surface area contributed by atoms with Crippen LogP contribution in [0.4, 0.5) is 11.8 Å². The zero-order chi connectivity index (χ0) is 11.8. The lowest BCUT2D eigenvalue weighted by Crippen LogP contribution is -2.18. The predicted molar refractivity (Wildman–Crippen MR) is 69.2 cm³/mol. The van der Waals surface area contributed by atoms with E-state index in [0.29, 0.717) is 12.0 Å². The van der Waals surface area contributed by atoms with Gasteiger partial charge in [-0.1, -0.05) is 0 Å². The molecule has 5 heteroatoms. The summed E-state index contributed by atoms with van der Waals surface area (Å²) in [6.07, 6.45) is 4.55. The number of fused-ring (bicyclic) bond motifs is 1. The lowest BCUT2D eigenvalue weighted by Gasteiger charge is -2.14. The molecule has 1 aliphatic rings. The summed E-state index contributed by atoms with van der Waals surface area (Å²) < 4.78 is 0. The number of rotatable bonds is 4. The molecule has 3 rings (SSSR count). The molecule has 2 aromatic rings. The highest BCUT2D eigenvalue weighted by Crippen LogP contribution is 2.34. The Kier molecular flexibility index (Phi) is 2.39. The largest absolute Gasteiger partial charge is 0.367 e. The minimum atomic E-state index is 0.479. The molecule has 1 atom stereocenters. The Hall–Kier alpha value is -1.78. The third-order valence-corrected chi connectivity index (χ3v) is 3.33. The molecule has 1 aliphatic carbocycles. The monoisotopic (exact) mass is 231 g/mol. The standard InChI is InChI=1S/C12H17N5/c1-7(8-3-4-8)15-11-9-5-6-14-10(9)16-12(13-2)17-11/h5-8H,3-4H2,1-2H3,(H3,13,14,15,16,17)/t7-/m1/s1. The average Bonchev–Trinajstić information content (AvgIpc) is 3.07. The van der Waals surface area contributed by atoms with Crippen molar-refractivity contribution in [3.05, 3.63) is 12.3 Å². The van der Waals surface area contributed by atoms with Crippen molar-refractivity contribution in [2.75, 3.05) is 17.7 Å². The molecule has 3 N–H and O–H groups in total. The first-order valence-corrected chi connectivity index (χ1v) is 6.07. The Morgan fingerprint density at radius 2 is 2.24 bits per heavy atom. The molecule has 0 radical (unpaired) electrons. The molecule has 17 heavy (non-hydrogen) atoms. The third-order valence-electron chi connectivity index (χ3n) is 3.33. The highest BCUT2D eigenvalue weighted by atomic mass is 15.2. The summed E-state index contributed by atoms with van der Waals surface area (Å²) in [5, 5.41) is 7.53. The number of nitrogens with zero attached hydrogens (tertiary/aromatic N) is 2. The fourth-order valence-electron chi connectivity index (χ4n) is 2.09. The van der Waals surface area contributed by atoms with Crippen LogP contribution in [0.3, 0.4) is 0 Å². The van der Waals surface area contributed by atoms with Gasteiger partial charge in [-0.2, -0.15) is 9.97 Å². The van der Waals surface area contributed by atoms with Crippen LogP contribution in [0, 0.1) is 5.92 Å². The Labute approximate surface area is 100 Å². The van der Waals surface area contributed by atoms with E-state index in [0.717, 1.165) is 22.8 Å². The normalized spacial score (nSPS) is 17.1. The molecule has 90 valence electrons. The van der Waals surface area contributed by atoms with E-state index >= 15 is 0 Å². The van der Waals surface area contributed by atoms with Crippen LogP contribution in [-0.2, 0) is 0 Å². The van der Waals surface area contributed by atoms with Gasteiger partial charge in [0.05, 0.1) is 5.39 Å². The molecule has 2 heterocycles. The summed E-state index contributed by atoms with van der Waals surface area (Å²) in [7, 11) is 1.83. The number of nitrogens with one attached hydrogen (secondary N) is 3. The molecule has 0 aliphatic heterocycles. The van der Waals surface area contributed by atoms with Crippen molar-refractivity contribution in [2.24, 2.45) is 5.92 Å². The second-order valence-corrected chi connectivity index (χ2v) is 4.66. The lowest BCUT2D eigenvalue weighted by molar-refractivity contribution is 0.691. The lowest BCUT2D eigenvalue weighted by atomic mass is 10.2. The summed E-state index contributed by atoms with van der Waals surface area (Å²) in [5.41, 5.74) is 0.870. The van der Waals surface area contributed by atoms with Gasteiger partial charge >= 0.3 is 0 Å². The summed E-state index contributed by atoms with van der Waals surface area (Å²) in [4.78, 5) is 12.0. The maximum atomic E-state index is 4.49. The SMILES string of the molecule is CNc1nc(N[C@H](C)C2CC2)c2cc[nH]c2n1. The zero-order valence-corrected chi connectivity index (χ0v) is 10.1. The molecule has 0 unspecified atom stereocenters. The van der Waals surface area contributed by atoms with E-state index in [-0.39, 0.29) is 0 Å². The van der Waals surface area contributed by atoms with Crippen LogP contribution in [-0.4, -0.2) is 28.0 Å². The first-order chi connectivity index (χ1) is 8.28. The van der Waals surface area contributed by atoms with Crippen molar-refractivity contribution in [3.8, 4) is 0 Å². The Morgan fingerprint density at radius 1 is 1.41 bits per heavy atom. The van der Waals surface area contributed by atoms with Crippen molar-refractivity contribution in [1.82, 2.24) is 15.0 Å². The van der Waals surface area contributed by atoms with Gasteiger partial charge in [0.2, 0.25) is 5.95 Å². The molecule has 0 amide bonds. The molecule has 5 nitrogen and oxygen atoms in total. The average molecular weight is 231 g/mol. The molecular weight excluding hydrogens is 214 g/mol. The Balaban J connectivity index is 1.97. The molecule has 0 aromatic carbocycles. The molecule has 0 saturated heterocycles.